The fourth-order valence-electron chi connectivity index (χ4n) is 0.509. The summed E-state index contributed by atoms with van der Waals surface area (Å²) < 4.78 is 0. The van der Waals surface area contributed by atoms with Crippen LogP contribution in [0.3, 0.4) is 0 Å². The van der Waals surface area contributed by atoms with Crippen LogP contribution in [-0.2, 0) is 0 Å². The van der Waals surface area contributed by atoms with Gasteiger partial charge in [-0.25, -0.2) is 0 Å². The van der Waals surface area contributed by atoms with Gasteiger partial charge in [0.15, 0.2) is 0 Å². The van der Waals surface area contributed by atoms with Crippen LogP contribution in [0.15, 0.2) is 22.2 Å². The van der Waals surface area contributed by atoms with Gasteiger partial charge in [-0.1, -0.05) is 35.4 Å². The van der Waals surface area contributed by atoms with Gasteiger partial charge in [-0.15, -0.1) is 12.4 Å². The molecule has 0 aliphatic rings. The van der Waals surface area contributed by atoms with Crippen molar-refractivity contribution in [3.05, 3.63) is 22.2 Å². The maximum Gasteiger partial charge on any atom is 0.0152 e. The maximum atomic E-state index is 5.60. The largest absolute Gasteiger partial charge is 0.310 e. The summed E-state index contributed by atoms with van der Waals surface area (Å²) in [6.07, 6.45) is 3.83. The molecule has 0 aromatic carbocycles. The topological polar surface area (TPSA) is 12.0 Å². The molecule has 0 radical (unpaired) electrons. The predicted molar refractivity (Wildman–Crippen MR) is 59.3 cm³/mol. The Morgan fingerprint density at radius 1 is 1.08 bits per heavy atom. The van der Waals surface area contributed by atoms with Gasteiger partial charge in [0.25, 0.3) is 0 Å². The van der Waals surface area contributed by atoms with Crippen LogP contribution in [0.5, 0.6) is 0 Å². The van der Waals surface area contributed by atoms with Crippen molar-refractivity contribution >= 4 is 35.6 Å². The van der Waals surface area contributed by atoms with Gasteiger partial charge in [-0.3, -0.25) is 0 Å². The SMILES string of the molecule is C/C(Cl)=C/CNC/C=C(/C)Cl.Cl. The lowest BCUT2D eigenvalue weighted by atomic mass is 10.4. The molecule has 0 aliphatic heterocycles. The summed E-state index contributed by atoms with van der Waals surface area (Å²) in [6, 6.07) is 0. The van der Waals surface area contributed by atoms with Gasteiger partial charge in [0.1, 0.15) is 0 Å². The first-order valence-electron chi connectivity index (χ1n) is 3.48. The molecule has 0 amide bonds. The molecule has 0 aromatic heterocycles. The summed E-state index contributed by atoms with van der Waals surface area (Å²) in [7, 11) is 0. The van der Waals surface area contributed by atoms with E-state index in [1.807, 2.05) is 26.0 Å². The first kappa shape index (κ1) is 14.8. The lowest BCUT2D eigenvalue weighted by Gasteiger charge is -1.95. The second kappa shape index (κ2) is 9.40. The standard InChI is InChI=1S/C8H13Cl2N.ClH/c1-7(9)3-5-11-6-4-8(2)10;/h3-4,11H,5-6H2,1-2H3;1H/b7-3-,8-4-;. The number of nitrogens with one attached hydrogen (secondary N) is 1. The van der Waals surface area contributed by atoms with Crippen LogP contribution in [0, 0.1) is 0 Å². The highest BCUT2D eigenvalue weighted by Gasteiger charge is 1.82. The molecule has 0 saturated carbocycles. The Balaban J connectivity index is 0. The molecule has 12 heavy (non-hydrogen) atoms. The smallest absolute Gasteiger partial charge is 0.0152 e. The monoisotopic (exact) mass is 229 g/mol. The normalized spacial score (nSPS) is 12.7. The van der Waals surface area contributed by atoms with Crippen molar-refractivity contribution < 1.29 is 0 Å². The minimum Gasteiger partial charge on any atom is -0.310 e. The third-order valence-electron chi connectivity index (χ3n) is 1.06. The van der Waals surface area contributed by atoms with Crippen molar-refractivity contribution in [3.63, 3.8) is 0 Å². The molecule has 0 unspecified atom stereocenters. The number of hydrogen-bond donors (Lipinski definition) is 1. The van der Waals surface area contributed by atoms with Crippen LogP contribution in [-0.4, -0.2) is 13.1 Å². The molecule has 72 valence electrons. The van der Waals surface area contributed by atoms with Crippen molar-refractivity contribution in [2.24, 2.45) is 0 Å². The summed E-state index contributed by atoms with van der Waals surface area (Å²) in [5.74, 6) is 0. The van der Waals surface area contributed by atoms with Gasteiger partial charge in [0.2, 0.25) is 0 Å². The number of halogens is 3. The first-order chi connectivity index (χ1) is 5.13. The number of rotatable bonds is 4. The van der Waals surface area contributed by atoms with Crippen molar-refractivity contribution in [3.8, 4) is 0 Å². The number of allylic oxidation sites excluding steroid dienone is 2. The van der Waals surface area contributed by atoms with Gasteiger partial charge in [-0.2, -0.15) is 0 Å². The zero-order valence-corrected chi connectivity index (χ0v) is 9.56. The van der Waals surface area contributed by atoms with Crippen LogP contribution in [0.25, 0.3) is 0 Å². The predicted octanol–water partition coefficient (Wildman–Crippen LogP) is 3.28. The van der Waals surface area contributed by atoms with E-state index in [1.165, 1.54) is 0 Å². The Bertz CT molecular complexity index is 138. The quantitative estimate of drug-likeness (QED) is 0.731. The van der Waals surface area contributed by atoms with Crippen molar-refractivity contribution in [1.82, 2.24) is 5.32 Å². The van der Waals surface area contributed by atoms with E-state index in [0.717, 1.165) is 23.2 Å². The Morgan fingerprint density at radius 3 is 1.67 bits per heavy atom. The van der Waals surface area contributed by atoms with E-state index >= 15 is 0 Å². The molecule has 0 atom stereocenters. The summed E-state index contributed by atoms with van der Waals surface area (Å²) in [4.78, 5) is 0. The minimum absolute atomic E-state index is 0. The Morgan fingerprint density at radius 2 is 1.42 bits per heavy atom. The lowest BCUT2D eigenvalue weighted by molar-refractivity contribution is 0.839. The highest BCUT2D eigenvalue weighted by molar-refractivity contribution is 6.29. The summed E-state index contributed by atoms with van der Waals surface area (Å²) in [5, 5.41) is 4.75. The molecule has 1 N–H and O–H groups in total. The van der Waals surface area contributed by atoms with Crippen molar-refractivity contribution in [1.29, 1.82) is 0 Å². The van der Waals surface area contributed by atoms with E-state index in [2.05, 4.69) is 5.32 Å². The molecule has 0 bridgehead atoms. The van der Waals surface area contributed by atoms with Crippen LogP contribution in [0.2, 0.25) is 0 Å². The fraction of sp³-hybridized carbons (Fsp3) is 0.500. The van der Waals surface area contributed by atoms with Gasteiger partial charge >= 0.3 is 0 Å². The molecule has 0 heterocycles. The Kier molecular flexibility index (Phi) is 11.6. The zero-order chi connectivity index (χ0) is 8.69. The molecule has 0 saturated heterocycles. The molecule has 4 heteroatoms. The minimum atomic E-state index is 0. The third-order valence-corrected chi connectivity index (χ3v) is 1.36. The average molecular weight is 231 g/mol. The Hall–Kier alpha value is 0.310. The Labute approximate surface area is 90.2 Å². The fourth-order valence-corrected chi connectivity index (χ4v) is 0.663. The average Bonchev–Trinajstić information content (AvgIpc) is 1.85. The van der Waals surface area contributed by atoms with E-state index in [9.17, 15) is 0 Å². The van der Waals surface area contributed by atoms with E-state index < -0.39 is 0 Å². The van der Waals surface area contributed by atoms with E-state index in [0.29, 0.717) is 0 Å². The highest BCUT2D eigenvalue weighted by Crippen LogP contribution is 1.96. The van der Waals surface area contributed by atoms with Gasteiger partial charge in [0.05, 0.1) is 0 Å². The van der Waals surface area contributed by atoms with Crippen LogP contribution >= 0.6 is 35.6 Å². The molecule has 0 aliphatic carbocycles. The highest BCUT2D eigenvalue weighted by atomic mass is 35.5. The van der Waals surface area contributed by atoms with Crippen LogP contribution in [0.1, 0.15) is 13.8 Å². The lowest BCUT2D eigenvalue weighted by Crippen LogP contribution is -2.13. The summed E-state index contributed by atoms with van der Waals surface area (Å²) in [6.45, 7) is 5.28. The van der Waals surface area contributed by atoms with Crippen LogP contribution in [0.4, 0.5) is 0 Å². The molecule has 0 fully saturated rings. The second-order valence-electron chi connectivity index (χ2n) is 2.24. The molecular formula is C8H14Cl3N. The molecule has 1 nitrogen and oxygen atoms in total. The summed E-state index contributed by atoms with van der Waals surface area (Å²) >= 11 is 11.2. The molecule has 0 spiro atoms. The molecule has 0 rings (SSSR count). The van der Waals surface area contributed by atoms with Crippen LogP contribution < -0.4 is 5.32 Å². The van der Waals surface area contributed by atoms with Crippen molar-refractivity contribution in [2.75, 3.05) is 13.1 Å². The third kappa shape index (κ3) is 12.9. The van der Waals surface area contributed by atoms with Gasteiger partial charge in [0, 0.05) is 23.2 Å². The molecular weight excluding hydrogens is 216 g/mol. The first-order valence-corrected chi connectivity index (χ1v) is 4.23. The maximum absolute atomic E-state index is 5.60. The van der Waals surface area contributed by atoms with Gasteiger partial charge in [-0.05, 0) is 13.8 Å². The molecule has 0 aromatic rings. The van der Waals surface area contributed by atoms with Crippen molar-refractivity contribution in [2.45, 2.75) is 13.8 Å². The van der Waals surface area contributed by atoms with E-state index in [-0.39, 0.29) is 12.4 Å². The second-order valence-corrected chi connectivity index (χ2v) is 3.43. The van der Waals surface area contributed by atoms with E-state index in [4.69, 9.17) is 23.2 Å². The van der Waals surface area contributed by atoms with E-state index in [1.54, 1.807) is 0 Å². The zero-order valence-electron chi connectivity index (χ0n) is 7.23. The number of hydrogen-bond acceptors (Lipinski definition) is 1. The van der Waals surface area contributed by atoms with Gasteiger partial charge < -0.3 is 5.32 Å². The summed E-state index contributed by atoms with van der Waals surface area (Å²) in [5.41, 5.74) is 0.